The number of aryl methyl sites for hydroxylation is 2. The van der Waals surface area contributed by atoms with Crippen molar-refractivity contribution >= 4 is 17.2 Å². The molecule has 1 amide bonds. The molecule has 0 spiro atoms. The molecule has 0 aliphatic carbocycles. The van der Waals surface area contributed by atoms with Crippen LogP contribution in [0.4, 0.5) is 0 Å². The van der Waals surface area contributed by atoms with Crippen LogP contribution in [0.5, 0.6) is 0 Å². The molecule has 0 saturated heterocycles. The highest BCUT2D eigenvalue weighted by Gasteiger charge is 2.19. The lowest BCUT2D eigenvalue weighted by Gasteiger charge is -2.14. The van der Waals surface area contributed by atoms with Gasteiger partial charge in [0, 0.05) is 16.8 Å². The number of aromatic nitrogens is 3. The molecule has 0 saturated carbocycles. The number of hydrogen-bond donors (Lipinski definition) is 1. The first-order valence-corrected chi connectivity index (χ1v) is 7.71. The summed E-state index contributed by atoms with van der Waals surface area (Å²) in [6.07, 6.45) is 2.39. The van der Waals surface area contributed by atoms with Crippen molar-refractivity contribution in [3.05, 3.63) is 33.5 Å². The van der Waals surface area contributed by atoms with Gasteiger partial charge in [0.15, 0.2) is 0 Å². The van der Waals surface area contributed by atoms with E-state index in [1.165, 1.54) is 11.2 Å². The molecule has 1 atom stereocenters. The first-order chi connectivity index (χ1) is 9.58. The van der Waals surface area contributed by atoms with Crippen molar-refractivity contribution in [1.82, 2.24) is 20.1 Å². The maximum Gasteiger partial charge on any atom is 0.252 e. The summed E-state index contributed by atoms with van der Waals surface area (Å²) in [5, 5.41) is 9.07. The number of nitrogens with zero attached hydrogens (tertiary/aromatic N) is 3. The summed E-state index contributed by atoms with van der Waals surface area (Å²) in [6.45, 7) is 8.80. The van der Waals surface area contributed by atoms with Gasteiger partial charge >= 0.3 is 0 Å². The number of rotatable bonds is 5. The van der Waals surface area contributed by atoms with Gasteiger partial charge < -0.3 is 5.32 Å². The topological polar surface area (TPSA) is 59.8 Å². The molecule has 0 aliphatic rings. The molecule has 2 heterocycles. The van der Waals surface area contributed by atoms with Gasteiger partial charge in [0.2, 0.25) is 0 Å². The van der Waals surface area contributed by atoms with Crippen LogP contribution in [0.3, 0.4) is 0 Å². The van der Waals surface area contributed by atoms with Gasteiger partial charge in [-0.25, -0.2) is 9.67 Å². The maximum absolute atomic E-state index is 12.4. The molecule has 0 unspecified atom stereocenters. The van der Waals surface area contributed by atoms with Crippen molar-refractivity contribution in [2.45, 2.75) is 46.7 Å². The van der Waals surface area contributed by atoms with E-state index in [1.807, 2.05) is 19.2 Å². The highest BCUT2D eigenvalue weighted by Crippen LogP contribution is 2.23. The van der Waals surface area contributed by atoms with Crippen LogP contribution in [-0.2, 0) is 13.0 Å². The fourth-order valence-corrected chi connectivity index (χ4v) is 3.24. The number of carbonyl (C=O) groups excluding carboxylic acids is 1. The van der Waals surface area contributed by atoms with Gasteiger partial charge in [-0.2, -0.15) is 5.10 Å². The fraction of sp³-hybridized carbons (Fsp3) is 0.500. The third-order valence-electron chi connectivity index (χ3n) is 3.38. The Morgan fingerprint density at radius 1 is 1.50 bits per heavy atom. The summed E-state index contributed by atoms with van der Waals surface area (Å²) in [5.41, 5.74) is 1.92. The van der Waals surface area contributed by atoms with Crippen molar-refractivity contribution in [2.75, 3.05) is 0 Å². The van der Waals surface area contributed by atoms with Gasteiger partial charge in [-0.3, -0.25) is 4.79 Å². The van der Waals surface area contributed by atoms with E-state index in [4.69, 9.17) is 0 Å². The van der Waals surface area contributed by atoms with Crippen LogP contribution in [-0.4, -0.2) is 20.7 Å². The lowest BCUT2D eigenvalue weighted by molar-refractivity contribution is 0.0937. The predicted molar refractivity (Wildman–Crippen MR) is 80.0 cm³/mol. The zero-order valence-corrected chi connectivity index (χ0v) is 13.1. The minimum Gasteiger partial charge on any atom is -0.342 e. The van der Waals surface area contributed by atoms with Crippen molar-refractivity contribution < 1.29 is 4.79 Å². The Morgan fingerprint density at radius 2 is 2.25 bits per heavy atom. The standard InChI is InChI=1S/C14H20N4OS/c1-5-11-10(4)20-7-12(11)14(19)17-9(3)13-15-8-16-18(13)6-2/h7-9H,5-6H2,1-4H3,(H,17,19)/t9-/m0/s1. The average Bonchev–Trinajstić information content (AvgIpc) is 3.04. The second-order valence-electron chi connectivity index (χ2n) is 4.67. The molecule has 108 valence electrons. The van der Waals surface area contributed by atoms with Crippen LogP contribution < -0.4 is 5.32 Å². The van der Waals surface area contributed by atoms with E-state index in [0.29, 0.717) is 0 Å². The third kappa shape index (κ3) is 2.75. The molecule has 0 fully saturated rings. The molecule has 1 N–H and O–H groups in total. The number of nitrogens with one attached hydrogen (secondary N) is 1. The Balaban J connectivity index is 2.15. The van der Waals surface area contributed by atoms with Crippen LogP contribution in [0, 0.1) is 6.92 Å². The highest BCUT2D eigenvalue weighted by molar-refractivity contribution is 7.10. The smallest absolute Gasteiger partial charge is 0.252 e. The quantitative estimate of drug-likeness (QED) is 0.921. The summed E-state index contributed by atoms with van der Waals surface area (Å²) >= 11 is 1.62. The van der Waals surface area contributed by atoms with Gasteiger partial charge in [0.05, 0.1) is 11.6 Å². The summed E-state index contributed by atoms with van der Waals surface area (Å²) in [4.78, 5) is 17.8. The van der Waals surface area contributed by atoms with Crippen LogP contribution in [0.2, 0.25) is 0 Å². The largest absolute Gasteiger partial charge is 0.342 e. The molecule has 2 aromatic heterocycles. The first-order valence-electron chi connectivity index (χ1n) is 6.83. The summed E-state index contributed by atoms with van der Waals surface area (Å²) in [7, 11) is 0. The molecule has 6 heteroatoms. The van der Waals surface area contributed by atoms with Crippen LogP contribution in [0.25, 0.3) is 0 Å². The van der Waals surface area contributed by atoms with Gasteiger partial charge in [-0.15, -0.1) is 11.3 Å². The van der Waals surface area contributed by atoms with E-state index < -0.39 is 0 Å². The second-order valence-corrected chi connectivity index (χ2v) is 5.75. The molecular formula is C14H20N4OS. The molecular weight excluding hydrogens is 272 g/mol. The van der Waals surface area contributed by atoms with E-state index in [0.717, 1.165) is 29.9 Å². The number of hydrogen-bond acceptors (Lipinski definition) is 4. The van der Waals surface area contributed by atoms with E-state index in [1.54, 1.807) is 16.0 Å². The lowest BCUT2D eigenvalue weighted by atomic mass is 10.1. The molecule has 5 nitrogen and oxygen atoms in total. The maximum atomic E-state index is 12.4. The first kappa shape index (κ1) is 14.7. The molecule has 2 aromatic rings. The summed E-state index contributed by atoms with van der Waals surface area (Å²) < 4.78 is 1.80. The van der Waals surface area contributed by atoms with E-state index in [-0.39, 0.29) is 11.9 Å². The zero-order valence-electron chi connectivity index (χ0n) is 12.3. The Kier molecular flexibility index (Phi) is 4.54. The van der Waals surface area contributed by atoms with Crippen LogP contribution >= 0.6 is 11.3 Å². The van der Waals surface area contributed by atoms with Gasteiger partial charge in [-0.05, 0) is 32.8 Å². The molecule has 0 aromatic carbocycles. The Morgan fingerprint density at radius 3 is 2.90 bits per heavy atom. The molecule has 20 heavy (non-hydrogen) atoms. The minimum absolute atomic E-state index is 0.0376. The molecule has 2 rings (SSSR count). The van der Waals surface area contributed by atoms with Gasteiger partial charge in [-0.1, -0.05) is 6.92 Å². The average molecular weight is 292 g/mol. The third-order valence-corrected chi connectivity index (χ3v) is 4.34. The molecule has 0 radical (unpaired) electrons. The van der Waals surface area contributed by atoms with Crippen LogP contribution in [0.1, 0.15) is 53.4 Å². The Bertz CT molecular complexity index is 602. The van der Waals surface area contributed by atoms with Crippen molar-refractivity contribution in [3.8, 4) is 0 Å². The van der Waals surface area contributed by atoms with Gasteiger partial charge in [0.25, 0.3) is 5.91 Å². The summed E-state index contributed by atoms with van der Waals surface area (Å²) in [6, 6.07) is -0.158. The van der Waals surface area contributed by atoms with Crippen molar-refractivity contribution in [2.24, 2.45) is 0 Å². The SMILES string of the molecule is CCc1c(C(=O)N[C@@H](C)c2ncnn2CC)csc1C. The second kappa shape index (κ2) is 6.17. The number of amides is 1. The van der Waals surface area contributed by atoms with E-state index in [9.17, 15) is 4.79 Å². The van der Waals surface area contributed by atoms with Crippen molar-refractivity contribution in [3.63, 3.8) is 0 Å². The minimum atomic E-state index is -0.158. The zero-order chi connectivity index (χ0) is 14.7. The number of thiophene rings is 1. The van der Waals surface area contributed by atoms with E-state index >= 15 is 0 Å². The molecule has 0 bridgehead atoms. The monoisotopic (exact) mass is 292 g/mol. The van der Waals surface area contributed by atoms with E-state index in [2.05, 4.69) is 29.2 Å². The highest BCUT2D eigenvalue weighted by atomic mass is 32.1. The summed E-state index contributed by atoms with van der Waals surface area (Å²) in [5.74, 6) is 0.746. The Hall–Kier alpha value is -1.69. The van der Waals surface area contributed by atoms with Gasteiger partial charge in [0.1, 0.15) is 12.2 Å². The number of carbonyl (C=O) groups is 1. The van der Waals surface area contributed by atoms with Crippen molar-refractivity contribution in [1.29, 1.82) is 0 Å². The normalized spacial score (nSPS) is 12.4. The Labute approximate surface area is 123 Å². The fourth-order valence-electron chi connectivity index (χ4n) is 2.30. The lowest BCUT2D eigenvalue weighted by Crippen LogP contribution is -2.29. The molecule has 0 aliphatic heterocycles. The predicted octanol–water partition coefficient (Wildman–Crippen LogP) is 2.72. The van der Waals surface area contributed by atoms with Crippen LogP contribution in [0.15, 0.2) is 11.7 Å².